The molecular formula is C16H18ClN3O. The first-order valence-corrected chi connectivity index (χ1v) is 6.77. The van der Waals surface area contributed by atoms with E-state index in [0.29, 0.717) is 0 Å². The monoisotopic (exact) mass is 303 g/mol. The summed E-state index contributed by atoms with van der Waals surface area (Å²) in [5.74, 6) is 0. The lowest BCUT2D eigenvalue weighted by Crippen LogP contribution is -2.24. The van der Waals surface area contributed by atoms with Crippen LogP contribution in [-0.2, 0) is 13.0 Å². The van der Waals surface area contributed by atoms with Gasteiger partial charge in [-0.15, -0.1) is 12.4 Å². The van der Waals surface area contributed by atoms with Crippen LogP contribution in [0.5, 0.6) is 0 Å². The second kappa shape index (κ2) is 7.11. The topological polar surface area (TPSA) is 53.2 Å². The standard InChI is InChI=1S/C16H17N3O.ClH/c20-16(18-14-4-2-1-3-5-14)19-15-7-6-13-11-17-9-8-12(13)10-15;/h1-7,10,17H,8-9,11H2,(H2,18,19,20);1H. The van der Waals surface area contributed by atoms with Gasteiger partial charge in [-0.25, -0.2) is 4.79 Å². The largest absolute Gasteiger partial charge is 0.323 e. The number of carbonyl (C=O) groups excluding carboxylic acids is 1. The third-order valence-corrected chi connectivity index (χ3v) is 3.38. The van der Waals surface area contributed by atoms with Crippen LogP contribution in [0.3, 0.4) is 0 Å². The second-order valence-corrected chi connectivity index (χ2v) is 4.86. The van der Waals surface area contributed by atoms with Crippen molar-refractivity contribution >= 4 is 29.8 Å². The van der Waals surface area contributed by atoms with Crippen molar-refractivity contribution in [3.63, 3.8) is 0 Å². The van der Waals surface area contributed by atoms with E-state index >= 15 is 0 Å². The molecule has 110 valence electrons. The quantitative estimate of drug-likeness (QED) is 0.796. The van der Waals surface area contributed by atoms with Crippen LogP contribution in [0.1, 0.15) is 11.1 Å². The van der Waals surface area contributed by atoms with Crippen molar-refractivity contribution in [3.8, 4) is 0 Å². The Morgan fingerprint density at radius 2 is 1.71 bits per heavy atom. The summed E-state index contributed by atoms with van der Waals surface area (Å²) in [5, 5.41) is 9.01. The molecule has 0 unspecified atom stereocenters. The summed E-state index contributed by atoms with van der Waals surface area (Å²) in [6, 6.07) is 15.3. The van der Waals surface area contributed by atoms with E-state index in [9.17, 15) is 4.79 Å². The predicted octanol–water partition coefficient (Wildman–Crippen LogP) is 3.40. The van der Waals surface area contributed by atoms with Gasteiger partial charge >= 0.3 is 6.03 Å². The average molecular weight is 304 g/mol. The molecule has 1 aliphatic heterocycles. The molecule has 3 rings (SSSR count). The highest BCUT2D eigenvalue weighted by molar-refractivity contribution is 5.99. The number of rotatable bonds is 2. The average Bonchev–Trinajstić information content (AvgIpc) is 2.48. The van der Waals surface area contributed by atoms with Gasteiger partial charge in [0.2, 0.25) is 0 Å². The minimum Gasteiger partial charge on any atom is -0.312 e. The maximum atomic E-state index is 11.9. The van der Waals surface area contributed by atoms with Crippen LogP contribution in [0.4, 0.5) is 16.2 Å². The lowest BCUT2D eigenvalue weighted by atomic mass is 10.0. The van der Waals surface area contributed by atoms with E-state index in [0.717, 1.165) is 30.9 Å². The molecule has 0 spiro atoms. The smallest absolute Gasteiger partial charge is 0.312 e. The number of anilines is 2. The van der Waals surface area contributed by atoms with Gasteiger partial charge in [-0.1, -0.05) is 24.3 Å². The molecule has 0 aromatic heterocycles. The molecule has 0 saturated heterocycles. The van der Waals surface area contributed by atoms with Crippen LogP contribution >= 0.6 is 12.4 Å². The van der Waals surface area contributed by atoms with Crippen LogP contribution in [0.2, 0.25) is 0 Å². The highest BCUT2D eigenvalue weighted by Gasteiger charge is 2.10. The van der Waals surface area contributed by atoms with Crippen LogP contribution in [0.25, 0.3) is 0 Å². The highest BCUT2D eigenvalue weighted by atomic mass is 35.5. The van der Waals surface area contributed by atoms with Gasteiger partial charge < -0.3 is 16.0 Å². The van der Waals surface area contributed by atoms with Gasteiger partial charge in [0.25, 0.3) is 0 Å². The molecule has 5 heteroatoms. The van der Waals surface area contributed by atoms with Gasteiger partial charge in [0.05, 0.1) is 0 Å². The van der Waals surface area contributed by atoms with Gasteiger partial charge in [0.15, 0.2) is 0 Å². The van der Waals surface area contributed by atoms with Gasteiger partial charge in [-0.3, -0.25) is 0 Å². The third-order valence-electron chi connectivity index (χ3n) is 3.38. The molecule has 3 N–H and O–H groups in total. The molecule has 4 nitrogen and oxygen atoms in total. The van der Waals surface area contributed by atoms with Crippen molar-refractivity contribution in [1.29, 1.82) is 0 Å². The molecule has 0 aliphatic carbocycles. The zero-order chi connectivity index (χ0) is 13.8. The number of para-hydroxylation sites is 1. The summed E-state index contributed by atoms with van der Waals surface area (Å²) in [4.78, 5) is 11.9. The number of carbonyl (C=O) groups is 1. The minimum atomic E-state index is -0.218. The number of urea groups is 1. The number of hydrogen-bond acceptors (Lipinski definition) is 2. The third kappa shape index (κ3) is 3.97. The molecule has 2 amide bonds. The van der Waals surface area contributed by atoms with Crippen LogP contribution < -0.4 is 16.0 Å². The molecular weight excluding hydrogens is 286 g/mol. The van der Waals surface area contributed by atoms with E-state index in [2.05, 4.69) is 28.1 Å². The van der Waals surface area contributed by atoms with Crippen LogP contribution in [-0.4, -0.2) is 12.6 Å². The number of halogens is 1. The van der Waals surface area contributed by atoms with E-state index in [1.54, 1.807) is 0 Å². The fourth-order valence-electron chi connectivity index (χ4n) is 2.37. The fourth-order valence-corrected chi connectivity index (χ4v) is 2.37. The summed E-state index contributed by atoms with van der Waals surface area (Å²) < 4.78 is 0. The highest BCUT2D eigenvalue weighted by Crippen LogP contribution is 2.19. The first-order valence-electron chi connectivity index (χ1n) is 6.77. The lowest BCUT2D eigenvalue weighted by molar-refractivity contribution is 0.262. The Morgan fingerprint density at radius 3 is 2.52 bits per heavy atom. The summed E-state index contributed by atoms with van der Waals surface area (Å²) >= 11 is 0. The number of amides is 2. The Labute approximate surface area is 130 Å². The van der Waals surface area contributed by atoms with E-state index in [4.69, 9.17) is 0 Å². The van der Waals surface area contributed by atoms with Crippen molar-refractivity contribution in [3.05, 3.63) is 59.7 Å². The summed E-state index contributed by atoms with van der Waals surface area (Å²) in [6.45, 7) is 1.90. The zero-order valence-electron chi connectivity index (χ0n) is 11.6. The number of nitrogens with one attached hydrogen (secondary N) is 3. The summed E-state index contributed by atoms with van der Waals surface area (Å²) in [5.41, 5.74) is 4.23. The van der Waals surface area contributed by atoms with Crippen molar-refractivity contribution in [2.75, 3.05) is 17.2 Å². The molecule has 2 aromatic rings. The van der Waals surface area contributed by atoms with Crippen molar-refractivity contribution in [2.24, 2.45) is 0 Å². The summed E-state index contributed by atoms with van der Waals surface area (Å²) in [6.07, 6.45) is 1.01. The lowest BCUT2D eigenvalue weighted by Gasteiger charge is -2.18. The van der Waals surface area contributed by atoms with E-state index in [1.165, 1.54) is 11.1 Å². The van der Waals surface area contributed by atoms with Crippen molar-refractivity contribution in [2.45, 2.75) is 13.0 Å². The van der Waals surface area contributed by atoms with Crippen LogP contribution in [0.15, 0.2) is 48.5 Å². The predicted molar refractivity (Wildman–Crippen MR) is 88.2 cm³/mol. The van der Waals surface area contributed by atoms with E-state index in [1.807, 2.05) is 36.4 Å². The van der Waals surface area contributed by atoms with Crippen molar-refractivity contribution in [1.82, 2.24) is 5.32 Å². The Hall–Kier alpha value is -2.04. The molecule has 0 atom stereocenters. The Morgan fingerprint density at radius 1 is 0.952 bits per heavy atom. The molecule has 1 aliphatic rings. The van der Waals surface area contributed by atoms with Gasteiger partial charge in [-0.2, -0.15) is 0 Å². The minimum absolute atomic E-state index is 0. The second-order valence-electron chi connectivity index (χ2n) is 4.86. The van der Waals surface area contributed by atoms with Gasteiger partial charge in [0, 0.05) is 17.9 Å². The first-order chi connectivity index (χ1) is 9.81. The molecule has 0 radical (unpaired) electrons. The van der Waals surface area contributed by atoms with E-state index in [-0.39, 0.29) is 18.4 Å². The summed E-state index contributed by atoms with van der Waals surface area (Å²) in [7, 11) is 0. The normalized spacial score (nSPS) is 12.8. The molecule has 0 fully saturated rings. The number of hydrogen-bond donors (Lipinski definition) is 3. The molecule has 1 heterocycles. The number of benzene rings is 2. The molecule has 21 heavy (non-hydrogen) atoms. The van der Waals surface area contributed by atoms with Gasteiger partial charge in [0.1, 0.15) is 0 Å². The first kappa shape index (κ1) is 15.4. The molecule has 2 aromatic carbocycles. The SMILES string of the molecule is Cl.O=C(Nc1ccccc1)Nc1ccc2c(c1)CCNC2. The number of fused-ring (bicyclic) bond motifs is 1. The Balaban J connectivity index is 0.00000161. The Kier molecular flexibility index (Phi) is 5.20. The fraction of sp³-hybridized carbons (Fsp3) is 0.188. The maximum absolute atomic E-state index is 11.9. The Bertz CT molecular complexity index is 616. The van der Waals surface area contributed by atoms with E-state index < -0.39 is 0 Å². The zero-order valence-corrected chi connectivity index (χ0v) is 12.4. The van der Waals surface area contributed by atoms with Crippen LogP contribution in [0, 0.1) is 0 Å². The molecule has 0 saturated carbocycles. The van der Waals surface area contributed by atoms with Crippen molar-refractivity contribution < 1.29 is 4.79 Å². The maximum Gasteiger partial charge on any atom is 0.323 e. The van der Waals surface area contributed by atoms with Gasteiger partial charge in [-0.05, 0) is 48.4 Å². The molecule has 0 bridgehead atoms.